The van der Waals surface area contributed by atoms with Gasteiger partial charge in [-0.1, -0.05) is 6.07 Å². The first-order valence-electron chi connectivity index (χ1n) is 6.40. The van der Waals surface area contributed by atoms with Crippen molar-refractivity contribution in [2.24, 2.45) is 0 Å². The Balaban J connectivity index is 2.63. The Kier molecular flexibility index (Phi) is 6.41. The molecule has 1 aromatic carbocycles. The van der Waals surface area contributed by atoms with Gasteiger partial charge >= 0.3 is 0 Å². The van der Waals surface area contributed by atoms with Gasteiger partial charge in [-0.25, -0.2) is 4.39 Å². The van der Waals surface area contributed by atoms with Gasteiger partial charge in [-0.3, -0.25) is 4.79 Å². The summed E-state index contributed by atoms with van der Waals surface area (Å²) < 4.78 is 18.7. The van der Waals surface area contributed by atoms with E-state index in [0.717, 1.165) is 0 Å². The molecule has 1 atom stereocenters. The van der Waals surface area contributed by atoms with E-state index in [1.54, 1.807) is 33.2 Å². The van der Waals surface area contributed by atoms with Crippen molar-refractivity contribution in [1.29, 1.82) is 0 Å². The second-order valence-electron chi connectivity index (χ2n) is 4.59. The van der Waals surface area contributed by atoms with Crippen molar-refractivity contribution in [3.8, 4) is 0 Å². The lowest BCUT2D eigenvalue weighted by molar-refractivity contribution is -0.119. The highest BCUT2D eigenvalue weighted by Gasteiger charge is 2.13. The molecular weight excluding hydrogens is 263 g/mol. The molecule has 0 aliphatic carbocycles. The number of carbonyl (C=O) groups is 1. The van der Waals surface area contributed by atoms with Gasteiger partial charge in [0.05, 0.1) is 24.9 Å². The SMILES string of the molecule is COCCNC(=O)CN(C)c1ccc([C@@H](C)O)cc1F. The minimum absolute atomic E-state index is 0.0503. The number of carbonyl (C=O) groups excluding carboxylic acids is 1. The summed E-state index contributed by atoms with van der Waals surface area (Å²) in [6.07, 6.45) is -0.721. The van der Waals surface area contributed by atoms with Crippen LogP contribution >= 0.6 is 0 Å². The Morgan fingerprint density at radius 1 is 1.55 bits per heavy atom. The first kappa shape index (κ1) is 16.4. The Hall–Kier alpha value is -1.66. The van der Waals surface area contributed by atoms with E-state index >= 15 is 0 Å². The molecule has 0 aliphatic rings. The quantitative estimate of drug-likeness (QED) is 0.736. The zero-order valence-corrected chi connectivity index (χ0v) is 12.0. The molecule has 1 amide bonds. The molecule has 1 rings (SSSR count). The van der Waals surface area contributed by atoms with Gasteiger partial charge in [0.1, 0.15) is 5.82 Å². The van der Waals surface area contributed by atoms with E-state index < -0.39 is 11.9 Å². The number of aliphatic hydroxyl groups excluding tert-OH is 1. The molecule has 1 aromatic rings. The van der Waals surface area contributed by atoms with Crippen LogP contribution in [0.5, 0.6) is 0 Å². The van der Waals surface area contributed by atoms with Crippen LogP contribution in [-0.4, -0.2) is 44.9 Å². The third-order valence-electron chi connectivity index (χ3n) is 2.87. The molecule has 5 nitrogen and oxygen atoms in total. The van der Waals surface area contributed by atoms with Gasteiger partial charge in [0.15, 0.2) is 0 Å². The highest BCUT2D eigenvalue weighted by Crippen LogP contribution is 2.22. The van der Waals surface area contributed by atoms with Crippen LogP contribution in [0.15, 0.2) is 18.2 Å². The molecule has 0 fully saturated rings. The third kappa shape index (κ3) is 4.79. The molecule has 0 aliphatic heterocycles. The van der Waals surface area contributed by atoms with Crippen LogP contribution in [-0.2, 0) is 9.53 Å². The zero-order chi connectivity index (χ0) is 15.1. The molecule has 0 saturated heterocycles. The summed E-state index contributed by atoms with van der Waals surface area (Å²) >= 11 is 0. The molecule has 20 heavy (non-hydrogen) atoms. The van der Waals surface area contributed by atoms with Crippen LogP contribution in [0.4, 0.5) is 10.1 Å². The van der Waals surface area contributed by atoms with Crippen LogP contribution in [0.25, 0.3) is 0 Å². The number of hydrogen-bond donors (Lipinski definition) is 2. The maximum absolute atomic E-state index is 13.9. The van der Waals surface area contributed by atoms with Crippen molar-refractivity contribution in [2.45, 2.75) is 13.0 Å². The molecule has 0 aromatic heterocycles. The number of amides is 1. The van der Waals surface area contributed by atoms with E-state index in [-0.39, 0.29) is 12.5 Å². The van der Waals surface area contributed by atoms with Crippen molar-refractivity contribution < 1.29 is 19.0 Å². The van der Waals surface area contributed by atoms with Crippen molar-refractivity contribution in [3.63, 3.8) is 0 Å². The van der Waals surface area contributed by atoms with Crippen molar-refractivity contribution in [1.82, 2.24) is 5.32 Å². The standard InChI is InChI=1S/C14H21FN2O3/c1-10(18)11-4-5-13(12(15)8-11)17(2)9-14(19)16-6-7-20-3/h4-5,8,10,18H,6-7,9H2,1-3H3,(H,16,19)/t10-/m1/s1. The molecule has 6 heteroatoms. The minimum atomic E-state index is -0.721. The smallest absolute Gasteiger partial charge is 0.239 e. The first-order valence-corrected chi connectivity index (χ1v) is 6.40. The monoisotopic (exact) mass is 284 g/mol. The topological polar surface area (TPSA) is 61.8 Å². The van der Waals surface area contributed by atoms with Crippen molar-refractivity contribution in [2.75, 3.05) is 38.8 Å². The van der Waals surface area contributed by atoms with Crippen LogP contribution in [0.3, 0.4) is 0 Å². The molecular formula is C14H21FN2O3. The lowest BCUT2D eigenvalue weighted by Crippen LogP contribution is -2.37. The average molecular weight is 284 g/mol. The fraction of sp³-hybridized carbons (Fsp3) is 0.500. The second-order valence-corrected chi connectivity index (χ2v) is 4.59. The molecule has 0 bridgehead atoms. The van der Waals surface area contributed by atoms with E-state index in [1.807, 2.05) is 0 Å². The molecule has 2 N–H and O–H groups in total. The molecule has 0 saturated carbocycles. The maximum Gasteiger partial charge on any atom is 0.239 e. The molecule has 0 spiro atoms. The molecule has 112 valence electrons. The molecule has 0 heterocycles. The van der Waals surface area contributed by atoms with Crippen LogP contribution in [0.2, 0.25) is 0 Å². The second kappa shape index (κ2) is 7.81. The lowest BCUT2D eigenvalue weighted by atomic mass is 10.1. The summed E-state index contributed by atoms with van der Waals surface area (Å²) in [4.78, 5) is 13.1. The van der Waals surface area contributed by atoms with E-state index in [4.69, 9.17) is 4.74 Å². The number of methoxy groups -OCH3 is 1. The van der Waals surface area contributed by atoms with Gasteiger partial charge in [0.2, 0.25) is 5.91 Å². The summed E-state index contributed by atoms with van der Waals surface area (Å²) in [7, 11) is 3.19. The largest absolute Gasteiger partial charge is 0.389 e. The fourth-order valence-corrected chi connectivity index (χ4v) is 1.74. The third-order valence-corrected chi connectivity index (χ3v) is 2.87. The van der Waals surface area contributed by atoms with Crippen LogP contribution in [0, 0.1) is 5.82 Å². The summed E-state index contributed by atoms with van der Waals surface area (Å²) in [5.41, 5.74) is 0.820. The van der Waals surface area contributed by atoms with Crippen LogP contribution in [0.1, 0.15) is 18.6 Å². The predicted octanol–water partition coefficient (Wildman–Crippen LogP) is 1.08. The van der Waals surface area contributed by atoms with Gasteiger partial charge in [-0.15, -0.1) is 0 Å². The van der Waals surface area contributed by atoms with Gasteiger partial charge in [-0.2, -0.15) is 0 Å². The Morgan fingerprint density at radius 2 is 2.25 bits per heavy atom. The lowest BCUT2D eigenvalue weighted by Gasteiger charge is -2.20. The van der Waals surface area contributed by atoms with Gasteiger partial charge in [-0.05, 0) is 24.6 Å². The summed E-state index contributed by atoms with van der Waals surface area (Å²) in [5.74, 6) is -0.667. The van der Waals surface area contributed by atoms with Crippen molar-refractivity contribution in [3.05, 3.63) is 29.6 Å². The van der Waals surface area contributed by atoms with E-state index in [0.29, 0.717) is 24.4 Å². The molecule has 0 unspecified atom stereocenters. The number of halogens is 1. The fourth-order valence-electron chi connectivity index (χ4n) is 1.74. The van der Waals surface area contributed by atoms with E-state index in [2.05, 4.69) is 5.32 Å². The average Bonchev–Trinajstić information content (AvgIpc) is 2.38. The Bertz CT molecular complexity index is 452. The van der Waals surface area contributed by atoms with Gasteiger partial charge in [0, 0.05) is 20.7 Å². The number of ether oxygens (including phenoxy) is 1. The number of rotatable bonds is 7. The summed E-state index contributed by atoms with van der Waals surface area (Å²) in [6.45, 7) is 2.48. The van der Waals surface area contributed by atoms with E-state index in [9.17, 15) is 14.3 Å². The van der Waals surface area contributed by atoms with E-state index in [1.165, 1.54) is 11.0 Å². The zero-order valence-electron chi connectivity index (χ0n) is 12.0. The van der Waals surface area contributed by atoms with Gasteiger partial charge in [0.25, 0.3) is 0 Å². The summed E-state index contributed by atoms with van der Waals surface area (Å²) in [5, 5.41) is 12.1. The van der Waals surface area contributed by atoms with Crippen LogP contribution < -0.4 is 10.2 Å². The number of nitrogens with zero attached hydrogens (tertiary/aromatic N) is 1. The highest BCUT2D eigenvalue weighted by molar-refractivity contribution is 5.81. The summed E-state index contributed by atoms with van der Waals surface area (Å²) in [6, 6.07) is 4.47. The Morgan fingerprint density at radius 3 is 2.80 bits per heavy atom. The highest BCUT2D eigenvalue weighted by atomic mass is 19.1. The van der Waals surface area contributed by atoms with Gasteiger partial charge < -0.3 is 20.1 Å². The number of anilines is 1. The number of aliphatic hydroxyl groups is 1. The van der Waals surface area contributed by atoms with Crippen molar-refractivity contribution >= 4 is 11.6 Å². The molecule has 0 radical (unpaired) electrons. The number of nitrogens with one attached hydrogen (secondary N) is 1. The normalized spacial score (nSPS) is 12.1. The number of benzene rings is 1. The Labute approximate surface area is 118 Å². The number of likely N-dealkylation sites (N-methyl/N-ethyl adjacent to an activating group) is 1. The first-order chi connectivity index (χ1) is 9.45. The predicted molar refractivity (Wildman–Crippen MR) is 75.2 cm³/mol. The number of hydrogen-bond acceptors (Lipinski definition) is 4. The minimum Gasteiger partial charge on any atom is -0.389 e. The maximum atomic E-state index is 13.9.